The Bertz CT molecular complexity index is 145. The van der Waals surface area contributed by atoms with E-state index in [1.807, 2.05) is 19.0 Å². The molecule has 1 N–H and O–H groups in total. The lowest BCUT2D eigenvalue weighted by molar-refractivity contribution is -0.123. The van der Waals surface area contributed by atoms with Crippen LogP contribution in [0.3, 0.4) is 0 Å². The summed E-state index contributed by atoms with van der Waals surface area (Å²) in [6, 6.07) is 0. The van der Waals surface area contributed by atoms with Crippen LogP contribution < -0.4 is 0 Å². The maximum atomic E-state index is 10.9. The van der Waals surface area contributed by atoms with Gasteiger partial charge in [0.25, 0.3) is 0 Å². The van der Waals surface area contributed by atoms with Gasteiger partial charge in [-0.15, -0.1) is 0 Å². The Balaban J connectivity index is 3.71. The van der Waals surface area contributed by atoms with Crippen molar-refractivity contribution in [3.63, 3.8) is 0 Å². The highest BCUT2D eigenvalue weighted by Crippen LogP contribution is 2.07. The van der Waals surface area contributed by atoms with E-state index in [0.29, 0.717) is 6.42 Å². The van der Waals surface area contributed by atoms with Crippen LogP contribution in [-0.2, 0) is 4.79 Å². The van der Waals surface area contributed by atoms with Crippen molar-refractivity contribution < 1.29 is 9.90 Å². The van der Waals surface area contributed by atoms with E-state index in [0.717, 1.165) is 6.54 Å². The molecular weight excluding hydrogens is 154 g/mol. The summed E-state index contributed by atoms with van der Waals surface area (Å²) < 4.78 is 0. The summed E-state index contributed by atoms with van der Waals surface area (Å²) in [5.74, 6) is -0.175. The van der Waals surface area contributed by atoms with Crippen LogP contribution in [0.1, 0.15) is 20.3 Å². The summed E-state index contributed by atoms with van der Waals surface area (Å²) >= 11 is 0. The minimum absolute atomic E-state index is 0.0567. The molecule has 0 aliphatic rings. The molecule has 0 aliphatic carbocycles. The fraction of sp³-hybridized carbons (Fsp3) is 0.889. The molecule has 0 saturated heterocycles. The molecule has 0 radical (unpaired) electrons. The molecule has 2 atom stereocenters. The number of ketones is 1. The van der Waals surface area contributed by atoms with Gasteiger partial charge < -0.3 is 10.0 Å². The first-order valence-electron chi connectivity index (χ1n) is 4.28. The molecule has 0 aromatic heterocycles. The quantitative estimate of drug-likeness (QED) is 0.659. The first-order valence-corrected chi connectivity index (χ1v) is 4.28. The van der Waals surface area contributed by atoms with Crippen molar-refractivity contribution in [1.29, 1.82) is 0 Å². The maximum Gasteiger partial charge on any atom is 0.135 e. The van der Waals surface area contributed by atoms with Crippen LogP contribution >= 0.6 is 0 Å². The lowest BCUT2D eigenvalue weighted by Gasteiger charge is -2.18. The van der Waals surface area contributed by atoms with E-state index in [4.69, 9.17) is 0 Å². The molecule has 0 heterocycles. The van der Waals surface area contributed by atoms with Gasteiger partial charge in [0, 0.05) is 12.5 Å². The fourth-order valence-electron chi connectivity index (χ4n) is 0.911. The average Bonchev–Trinajstić information content (AvgIpc) is 1.98. The number of hydrogen-bond acceptors (Lipinski definition) is 3. The van der Waals surface area contributed by atoms with Gasteiger partial charge in [0.2, 0.25) is 0 Å². The van der Waals surface area contributed by atoms with Crippen molar-refractivity contribution in [1.82, 2.24) is 4.90 Å². The number of aliphatic hydroxyl groups is 1. The lowest BCUT2D eigenvalue weighted by atomic mass is 9.98. The Morgan fingerprint density at radius 3 is 2.33 bits per heavy atom. The van der Waals surface area contributed by atoms with Gasteiger partial charge in [-0.05, 0) is 27.4 Å². The Labute approximate surface area is 74.4 Å². The molecule has 72 valence electrons. The molecule has 0 fully saturated rings. The van der Waals surface area contributed by atoms with Gasteiger partial charge in [-0.3, -0.25) is 4.79 Å². The summed E-state index contributed by atoms with van der Waals surface area (Å²) in [7, 11) is 3.90. The molecule has 0 bridgehead atoms. The number of carbonyl (C=O) groups is 1. The Morgan fingerprint density at radius 2 is 2.00 bits per heavy atom. The van der Waals surface area contributed by atoms with Crippen molar-refractivity contribution in [2.45, 2.75) is 26.4 Å². The molecule has 2 unspecified atom stereocenters. The zero-order valence-electron chi connectivity index (χ0n) is 8.37. The van der Waals surface area contributed by atoms with E-state index in [1.165, 1.54) is 6.92 Å². The van der Waals surface area contributed by atoms with Crippen molar-refractivity contribution in [3.8, 4) is 0 Å². The molecule has 0 rings (SSSR count). The highest BCUT2D eigenvalue weighted by atomic mass is 16.3. The Morgan fingerprint density at radius 1 is 1.50 bits per heavy atom. The van der Waals surface area contributed by atoms with E-state index in [9.17, 15) is 9.90 Å². The minimum Gasteiger partial charge on any atom is -0.392 e. The second-order valence-corrected chi connectivity index (χ2v) is 3.56. The van der Waals surface area contributed by atoms with Crippen molar-refractivity contribution >= 4 is 5.78 Å². The topological polar surface area (TPSA) is 40.5 Å². The van der Waals surface area contributed by atoms with Crippen LogP contribution in [0, 0.1) is 5.92 Å². The van der Waals surface area contributed by atoms with Gasteiger partial charge >= 0.3 is 0 Å². The highest BCUT2D eigenvalue weighted by molar-refractivity contribution is 5.78. The van der Waals surface area contributed by atoms with Crippen LogP contribution in [-0.4, -0.2) is 42.5 Å². The summed E-state index contributed by atoms with van der Waals surface area (Å²) in [6.07, 6.45) is 0.165. The highest BCUT2D eigenvalue weighted by Gasteiger charge is 2.17. The average molecular weight is 173 g/mol. The number of aliphatic hydroxyl groups excluding tert-OH is 1. The second-order valence-electron chi connectivity index (χ2n) is 3.56. The first kappa shape index (κ1) is 11.6. The third kappa shape index (κ3) is 4.46. The largest absolute Gasteiger partial charge is 0.392 e. The van der Waals surface area contributed by atoms with Gasteiger partial charge in [0.05, 0.1) is 6.10 Å². The molecule has 0 amide bonds. The molecule has 12 heavy (non-hydrogen) atoms. The van der Waals surface area contributed by atoms with Gasteiger partial charge in [-0.25, -0.2) is 0 Å². The van der Waals surface area contributed by atoms with Crippen molar-refractivity contribution in [2.75, 3.05) is 20.6 Å². The maximum absolute atomic E-state index is 10.9. The zero-order valence-corrected chi connectivity index (χ0v) is 8.37. The van der Waals surface area contributed by atoms with Gasteiger partial charge in [-0.2, -0.15) is 0 Å². The molecule has 3 nitrogen and oxygen atoms in total. The molecule has 0 saturated carbocycles. The van der Waals surface area contributed by atoms with Crippen LogP contribution in [0.15, 0.2) is 0 Å². The van der Waals surface area contributed by atoms with E-state index < -0.39 is 6.10 Å². The smallest absolute Gasteiger partial charge is 0.135 e. The second kappa shape index (κ2) is 5.27. The number of carbonyl (C=O) groups excluding carboxylic acids is 1. The van der Waals surface area contributed by atoms with Crippen molar-refractivity contribution in [3.05, 3.63) is 0 Å². The number of hydrogen-bond donors (Lipinski definition) is 1. The van der Waals surface area contributed by atoms with E-state index >= 15 is 0 Å². The molecule has 0 spiro atoms. The molecule has 0 aromatic carbocycles. The van der Waals surface area contributed by atoms with Gasteiger partial charge in [0.15, 0.2) is 0 Å². The fourth-order valence-corrected chi connectivity index (χ4v) is 0.911. The van der Waals surface area contributed by atoms with Gasteiger partial charge in [-0.1, -0.05) is 6.92 Å². The monoisotopic (exact) mass is 173 g/mol. The third-order valence-electron chi connectivity index (χ3n) is 2.09. The number of nitrogens with zero attached hydrogens (tertiary/aromatic N) is 1. The minimum atomic E-state index is -0.495. The van der Waals surface area contributed by atoms with E-state index in [2.05, 4.69) is 0 Å². The Kier molecular flexibility index (Phi) is 5.09. The SMILES string of the molecule is CC(=O)C(C)C(O)CCN(C)C. The summed E-state index contributed by atoms with van der Waals surface area (Å²) in [5.41, 5.74) is 0. The number of Topliss-reactive ketones (excluding diaryl/α,β-unsaturated/α-hetero) is 1. The predicted octanol–water partition coefficient (Wildman–Crippen LogP) is 0.524. The van der Waals surface area contributed by atoms with Crippen LogP contribution in [0.2, 0.25) is 0 Å². The van der Waals surface area contributed by atoms with E-state index in [-0.39, 0.29) is 11.7 Å². The lowest BCUT2D eigenvalue weighted by Crippen LogP contribution is -2.27. The molecule has 0 aliphatic heterocycles. The summed E-state index contributed by atoms with van der Waals surface area (Å²) in [4.78, 5) is 12.9. The van der Waals surface area contributed by atoms with Crippen LogP contribution in [0.4, 0.5) is 0 Å². The third-order valence-corrected chi connectivity index (χ3v) is 2.09. The molecule has 3 heteroatoms. The van der Waals surface area contributed by atoms with Gasteiger partial charge in [0.1, 0.15) is 5.78 Å². The first-order chi connectivity index (χ1) is 5.45. The standard InChI is InChI=1S/C9H19NO2/c1-7(8(2)11)9(12)5-6-10(3)4/h7,9,12H,5-6H2,1-4H3. The molecule has 0 aromatic rings. The van der Waals surface area contributed by atoms with Crippen LogP contribution in [0.5, 0.6) is 0 Å². The number of rotatable bonds is 5. The molecular formula is C9H19NO2. The van der Waals surface area contributed by atoms with E-state index in [1.54, 1.807) is 6.92 Å². The predicted molar refractivity (Wildman–Crippen MR) is 49.0 cm³/mol. The zero-order chi connectivity index (χ0) is 9.72. The van der Waals surface area contributed by atoms with Crippen LogP contribution in [0.25, 0.3) is 0 Å². The summed E-state index contributed by atoms with van der Waals surface area (Å²) in [5, 5.41) is 9.49. The Hall–Kier alpha value is -0.410. The normalized spacial score (nSPS) is 16.2. The van der Waals surface area contributed by atoms with Crippen molar-refractivity contribution in [2.24, 2.45) is 5.92 Å². The summed E-state index contributed by atoms with van der Waals surface area (Å²) in [6.45, 7) is 4.10.